The van der Waals surface area contributed by atoms with Gasteiger partial charge in [0.1, 0.15) is 0 Å². The number of aromatic hydroxyl groups is 2. The Morgan fingerprint density at radius 1 is 0.724 bits per heavy atom. The van der Waals surface area contributed by atoms with Crippen molar-refractivity contribution >= 4 is 56.5 Å². The molecule has 0 saturated heterocycles. The van der Waals surface area contributed by atoms with Crippen LogP contribution in [0.25, 0.3) is 0 Å². The van der Waals surface area contributed by atoms with Crippen molar-refractivity contribution in [2.24, 2.45) is 0 Å². The Morgan fingerprint density at radius 2 is 1.31 bits per heavy atom. The highest BCUT2D eigenvalue weighted by Crippen LogP contribution is 2.50. The SMILES string of the molecule is O=S(=O)(O)C(c1ccc(Cl)cc1)(c1ccc(O)c(O)c1)c1ccc(Cl)c(Cl)c1Cl. The number of hydrogen-bond donors (Lipinski definition) is 3. The average molecular weight is 494 g/mol. The third-order valence-electron chi connectivity index (χ3n) is 4.43. The van der Waals surface area contributed by atoms with E-state index in [0.717, 1.165) is 12.1 Å². The lowest BCUT2D eigenvalue weighted by Crippen LogP contribution is -2.38. The summed E-state index contributed by atoms with van der Waals surface area (Å²) in [6.07, 6.45) is 0. The number of benzene rings is 3. The van der Waals surface area contributed by atoms with Gasteiger partial charge in [-0.1, -0.05) is 70.7 Å². The molecule has 0 heterocycles. The van der Waals surface area contributed by atoms with Gasteiger partial charge in [0.2, 0.25) is 0 Å². The molecule has 3 N–H and O–H groups in total. The highest BCUT2D eigenvalue weighted by atomic mass is 35.5. The predicted octanol–water partition coefficient (Wildman–Crippen LogP) is 5.89. The molecule has 1 atom stereocenters. The summed E-state index contributed by atoms with van der Waals surface area (Å²) in [7, 11) is -5.00. The van der Waals surface area contributed by atoms with E-state index < -0.39 is 26.4 Å². The van der Waals surface area contributed by atoms with Gasteiger partial charge in [-0.25, -0.2) is 0 Å². The summed E-state index contributed by atoms with van der Waals surface area (Å²) in [5, 5.41) is 19.8. The zero-order valence-electron chi connectivity index (χ0n) is 14.3. The standard InChI is InChI=1S/C19H12Cl4O5S/c20-12-4-1-10(2-5-12)19(29(26,27)28,11-3-8-15(24)16(25)9-11)13-6-7-14(21)18(23)17(13)22/h1-9,24-25H,(H,26,27,28). The fourth-order valence-electron chi connectivity index (χ4n) is 3.14. The molecule has 0 fully saturated rings. The van der Waals surface area contributed by atoms with E-state index >= 15 is 0 Å². The van der Waals surface area contributed by atoms with Crippen LogP contribution in [0.3, 0.4) is 0 Å². The molecule has 0 radical (unpaired) electrons. The molecule has 0 aromatic heterocycles. The Hall–Kier alpha value is -1.67. The quantitative estimate of drug-likeness (QED) is 0.182. The van der Waals surface area contributed by atoms with E-state index in [1.54, 1.807) is 0 Å². The van der Waals surface area contributed by atoms with Gasteiger partial charge in [0.05, 0.1) is 15.1 Å². The normalized spacial score (nSPS) is 13.8. The highest BCUT2D eigenvalue weighted by molar-refractivity contribution is 7.87. The van der Waals surface area contributed by atoms with Gasteiger partial charge in [-0.2, -0.15) is 8.42 Å². The number of halogens is 4. The van der Waals surface area contributed by atoms with Crippen LogP contribution in [0.5, 0.6) is 11.5 Å². The largest absolute Gasteiger partial charge is 0.504 e. The lowest BCUT2D eigenvalue weighted by atomic mass is 9.83. The van der Waals surface area contributed by atoms with Crippen molar-refractivity contribution in [3.05, 3.63) is 91.4 Å². The molecule has 0 aliphatic rings. The van der Waals surface area contributed by atoms with E-state index in [-0.39, 0.29) is 31.8 Å². The molecule has 0 bridgehead atoms. The fraction of sp³-hybridized carbons (Fsp3) is 0.0526. The molecule has 0 aliphatic carbocycles. The minimum Gasteiger partial charge on any atom is -0.504 e. The Bertz CT molecular complexity index is 1200. The van der Waals surface area contributed by atoms with Crippen LogP contribution in [0.2, 0.25) is 20.1 Å². The number of phenolic OH excluding ortho intramolecular Hbond substituents is 2. The first-order chi connectivity index (χ1) is 13.5. The molecular weight excluding hydrogens is 482 g/mol. The first-order valence-electron chi connectivity index (χ1n) is 7.89. The molecule has 0 saturated carbocycles. The smallest absolute Gasteiger partial charge is 0.283 e. The Kier molecular flexibility index (Phi) is 5.98. The second kappa shape index (κ2) is 7.87. The molecule has 3 rings (SSSR count). The second-order valence-electron chi connectivity index (χ2n) is 6.09. The second-order valence-corrected chi connectivity index (χ2v) is 9.25. The van der Waals surface area contributed by atoms with E-state index in [1.165, 1.54) is 42.5 Å². The molecular formula is C19H12Cl4O5S. The van der Waals surface area contributed by atoms with E-state index in [9.17, 15) is 23.2 Å². The maximum Gasteiger partial charge on any atom is 0.283 e. The van der Waals surface area contributed by atoms with Gasteiger partial charge in [-0.15, -0.1) is 0 Å². The molecule has 152 valence electrons. The third-order valence-corrected chi connectivity index (χ3v) is 7.44. The lowest BCUT2D eigenvalue weighted by molar-refractivity contribution is 0.402. The van der Waals surface area contributed by atoms with Crippen LogP contribution in [0.1, 0.15) is 16.7 Å². The topological polar surface area (TPSA) is 94.8 Å². The molecule has 0 aliphatic heterocycles. The van der Waals surface area contributed by atoms with Crippen LogP contribution in [0, 0.1) is 0 Å². The molecule has 1 unspecified atom stereocenters. The summed E-state index contributed by atoms with van der Waals surface area (Å²) in [5.74, 6) is -1.07. The van der Waals surface area contributed by atoms with Crippen molar-refractivity contribution in [1.82, 2.24) is 0 Å². The average Bonchev–Trinajstić information content (AvgIpc) is 2.65. The number of phenols is 2. The third kappa shape index (κ3) is 3.65. The fourth-order valence-corrected chi connectivity index (χ4v) is 5.31. The maximum atomic E-state index is 12.9. The van der Waals surface area contributed by atoms with Crippen molar-refractivity contribution in [2.75, 3.05) is 0 Å². The molecule has 3 aromatic carbocycles. The van der Waals surface area contributed by atoms with Gasteiger partial charge >= 0.3 is 0 Å². The molecule has 0 amide bonds. The van der Waals surface area contributed by atoms with Crippen LogP contribution < -0.4 is 0 Å². The predicted molar refractivity (Wildman–Crippen MR) is 114 cm³/mol. The molecule has 10 heteroatoms. The van der Waals surface area contributed by atoms with E-state index in [0.29, 0.717) is 5.02 Å². The number of rotatable bonds is 4. The molecule has 3 aromatic rings. The van der Waals surface area contributed by atoms with Crippen molar-refractivity contribution < 1.29 is 23.2 Å². The van der Waals surface area contributed by atoms with Crippen LogP contribution in [-0.2, 0) is 14.9 Å². The first kappa shape index (κ1) is 22.0. The highest BCUT2D eigenvalue weighted by Gasteiger charge is 2.50. The molecule has 0 spiro atoms. The van der Waals surface area contributed by atoms with Crippen LogP contribution in [0.15, 0.2) is 54.6 Å². The summed E-state index contributed by atoms with van der Waals surface area (Å²) in [5.41, 5.74) is -0.142. The van der Waals surface area contributed by atoms with Crippen molar-refractivity contribution in [3.63, 3.8) is 0 Å². The van der Waals surface area contributed by atoms with E-state index in [4.69, 9.17) is 46.4 Å². The Morgan fingerprint density at radius 3 is 1.86 bits per heavy atom. The van der Waals surface area contributed by atoms with Gasteiger partial charge in [0.25, 0.3) is 10.1 Å². The van der Waals surface area contributed by atoms with Gasteiger partial charge < -0.3 is 10.2 Å². The van der Waals surface area contributed by atoms with Gasteiger partial charge in [-0.3, -0.25) is 4.55 Å². The molecule has 5 nitrogen and oxygen atoms in total. The summed E-state index contributed by atoms with van der Waals surface area (Å²) in [4.78, 5) is 0. The van der Waals surface area contributed by atoms with Gasteiger partial charge in [-0.05, 0) is 41.5 Å². The monoisotopic (exact) mass is 492 g/mol. The Balaban J connectivity index is 2.56. The summed E-state index contributed by atoms with van der Waals surface area (Å²) in [6.45, 7) is 0. The van der Waals surface area contributed by atoms with Crippen LogP contribution >= 0.6 is 46.4 Å². The van der Waals surface area contributed by atoms with Crippen LogP contribution in [0.4, 0.5) is 0 Å². The zero-order chi connectivity index (χ0) is 21.6. The summed E-state index contributed by atoms with van der Waals surface area (Å²) in [6, 6.07) is 11.6. The van der Waals surface area contributed by atoms with Crippen LogP contribution in [-0.4, -0.2) is 23.2 Å². The lowest BCUT2D eigenvalue weighted by Gasteiger charge is -2.33. The zero-order valence-corrected chi connectivity index (χ0v) is 18.1. The van der Waals surface area contributed by atoms with Gasteiger partial charge in [0.15, 0.2) is 16.2 Å². The van der Waals surface area contributed by atoms with E-state index in [1.807, 2.05) is 0 Å². The van der Waals surface area contributed by atoms with Crippen molar-refractivity contribution in [2.45, 2.75) is 4.75 Å². The first-order valence-corrected chi connectivity index (χ1v) is 10.8. The minimum atomic E-state index is -5.00. The van der Waals surface area contributed by atoms with Crippen molar-refractivity contribution in [1.29, 1.82) is 0 Å². The summed E-state index contributed by atoms with van der Waals surface area (Å²) >= 11 is 24.4. The molecule has 29 heavy (non-hydrogen) atoms. The maximum absolute atomic E-state index is 12.9. The minimum absolute atomic E-state index is 0.0646. The van der Waals surface area contributed by atoms with E-state index in [2.05, 4.69) is 0 Å². The van der Waals surface area contributed by atoms with Crippen molar-refractivity contribution in [3.8, 4) is 11.5 Å². The van der Waals surface area contributed by atoms with Gasteiger partial charge in [0, 0.05) is 10.6 Å². The number of hydrogen-bond acceptors (Lipinski definition) is 4. The summed E-state index contributed by atoms with van der Waals surface area (Å²) < 4.78 is 34.0. The Labute approximate surface area is 186 Å².